The number of nitrogens with zero attached hydrogens (tertiary/aromatic N) is 1. The zero-order valence-electron chi connectivity index (χ0n) is 8.97. The van der Waals surface area contributed by atoms with Crippen molar-refractivity contribution in [3.8, 4) is 0 Å². The summed E-state index contributed by atoms with van der Waals surface area (Å²) in [7, 11) is -3.49. The molecule has 0 saturated carbocycles. The Hall–Kier alpha value is -0.642. The van der Waals surface area contributed by atoms with Gasteiger partial charge < -0.3 is 0 Å². The van der Waals surface area contributed by atoms with Gasteiger partial charge >= 0.3 is 106 Å². The predicted octanol–water partition coefficient (Wildman–Crippen LogP) is 0.998. The maximum absolute atomic E-state index is 11.9. The summed E-state index contributed by atoms with van der Waals surface area (Å²) in [4.78, 5) is 4.20. The van der Waals surface area contributed by atoms with Crippen molar-refractivity contribution in [2.45, 2.75) is 18.7 Å². The molecule has 0 aliphatic heterocycles. The van der Waals surface area contributed by atoms with Gasteiger partial charge in [-0.2, -0.15) is 0 Å². The van der Waals surface area contributed by atoms with E-state index in [0.29, 0.717) is 9.04 Å². The quantitative estimate of drug-likeness (QED) is 0.757. The van der Waals surface area contributed by atoms with Crippen LogP contribution in [0.3, 0.4) is 0 Å². The van der Waals surface area contributed by atoms with Crippen molar-refractivity contribution in [2.24, 2.45) is 4.99 Å². The second-order valence-corrected chi connectivity index (χ2v) is 6.10. The summed E-state index contributed by atoms with van der Waals surface area (Å²) in [6, 6.07) is 6.85. The van der Waals surface area contributed by atoms with Gasteiger partial charge in [-0.1, -0.05) is 0 Å². The number of benzene rings is 1. The van der Waals surface area contributed by atoms with Crippen molar-refractivity contribution < 1.29 is 27.8 Å². The number of hydrogen-bond donors (Lipinski definition) is 1. The molecule has 0 aliphatic carbocycles. The van der Waals surface area contributed by atoms with E-state index in [9.17, 15) is 8.42 Å². The first-order chi connectivity index (χ1) is 7.47. The zero-order chi connectivity index (χ0) is 12.2. The van der Waals surface area contributed by atoms with Crippen LogP contribution in [0.4, 0.5) is 0 Å². The third kappa shape index (κ3) is 3.44. The van der Waals surface area contributed by atoms with E-state index >= 15 is 0 Å². The summed E-state index contributed by atoms with van der Waals surface area (Å²) in [5, 5.41) is 0. The van der Waals surface area contributed by atoms with E-state index in [2.05, 4.69) is 9.71 Å². The minimum absolute atomic E-state index is 0.292. The van der Waals surface area contributed by atoms with Crippen molar-refractivity contribution in [2.75, 3.05) is 0 Å². The van der Waals surface area contributed by atoms with E-state index in [-0.39, 0.29) is 0 Å². The topological polar surface area (TPSA) is 58.5 Å². The normalized spacial score (nSPS) is 11.9. The Morgan fingerprint density at radius 3 is 2.62 bits per heavy atom. The van der Waals surface area contributed by atoms with Crippen LogP contribution in [0.15, 0.2) is 34.2 Å². The van der Waals surface area contributed by atoms with E-state index in [0.717, 1.165) is 24.9 Å². The number of sulfonamides is 1. The molecule has 0 amide bonds. The van der Waals surface area contributed by atoms with E-state index in [4.69, 9.17) is 0 Å². The first kappa shape index (κ1) is 13.4. The molecular formula is C10H12N2O2SW. The molecule has 0 aromatic heterocycles. The van der Waals surface area contributed by atoms with Gasteiger partial charge in [0.05, 0.1) is 0 Å². The van der Waals surface area contributed by atoms with E-state index in [1.54, 1.807) is 44.3 Å². The minimum atomic E-state index is -3.49. The summed E-state index contributed by atoms with van der Waals surface area (Å²) < 4.78 is 26.8. The molecule has 6 heteroatoms. The number of aryl methyl sites for hydroxylation is 1. The third-order valence-electron chi connectivity index (χ3n) is 1.85. The summed E-state index contributed by atoms with van der Waals surface area (Å²) in [6.07, 6.45) is 1.56. The average molecular weight is 408 g/mol. The van der Waals surface area contributed by atoms with Gasteiger partial charge in [-0.25, -0.2) is 0 Å². The van der Waals surface area contributed by atoms with Crippen LogP contribution in [0.2, 0.25) is 0 Å². The summed E-state index contributed by atoms with van der Waals surface area (Å²) >= 11 is 0.977. The molecule has 0 aliphatic rings. The van der Waals surface area contributed by atoms with Crippen molar-refractivity contribution in [1.82, 2.24) is 4.72 Å². The summed E-state index contributed by atoms with van der Waals surface area (Å²) in [5.41, 5.74) is 0.721. The Bertz CT molecular complexity index is 523. The molecule has 1 N–H and O–H groups in total. The van der Waals surface area contributed by atoms with Gasteiger partial charge in [-0.05, 0) is 0 Å². The molecule has 86 valence electrons. The average Bonchev–Trinajstić information content (AvgIpc) is 2.17. The van der Waals surface area contributed by atoms with Crippen LogP contribution >= 0.6 is 0 Å². The van der Waals surface area contributed by atoms with Crippen LogP contribution in [0.5, 0.6) is 0 Å². The van der Waals surface area contributed by atoms with Gasteiger partial charge in [-0.15, -0.1) is 0 Å². The van der Waals surface area contributed by atoms with Crippen LogP contribution in [0.25, 0.3) is 0 Å². The Labute approximate surface area is 106 Å². The molecule has 0 fully saturated rings. The standard InChI is InChI=1S/C10H12N2O2S.W/c1-3-11-8-12-15(13,14)10-7-5-4-6-9(10)2;/h3-7,12H,1-2H3;/b11-3+;. The van der Waals surface area contributed by atoms with Gasteiger partial charge in [-0.3, -0.25) is 0 Å². The van der Waals surface area contributed by atoms with Gasteiger partial charge in [0.25, 0.3) is 0 Å². The molecule has 0 heterocycles. The van der Waals surface area contributed by atoms with Crippen LogP contribution in [-0.4, -0.2) is 18.8 Å². The fourth-order valence-electron chi connectivity index (χ4n) is 1.17. The number of aliphatic imine (C=N–C) groups is 1. The molecule has 0 unspecified atom stereocenters. The molecular weight excluding hydrogens is 396 g/mol. The summed E-state index contributed by atoms with van der Waals surface area (Å²) in [5.74, 6) is 0. The van der Waals surface area contributed by atoms with Crippen LogP contribution in [0.1, 0.15) is 12.5 Å². The van der Waals surface area contributed by atoms with Crippen LogP contribution in [-0.2, 0) is 29.4 Å². The van der Waals surface area contributed by atoms with Crippen LogP contribution in [0, 0.1) is 6.92 Å². The molecule has 1 rings (SSSR count). The fourth-order valence-corrected chi connectivity index (χ4v) is 3.87. The van der Waals surface area contributed by atoms with Gasteiger partial charge in [0.2, 0.25) is 0 Å². The second kappa shape index (κ2) is 5.62. The molecule has 0 spiro atoms. The Morgan fingerprint density at radius 2 is 2.06 bits per heavy atom. The van der Waals surface area contributed by atoms with E-state index in [1.165, 1.54) is 0 Å². The van der Waals surface area contributed by atoms with Gasteiger partial charge in [0, 0.05) is 0 Å². The molecule has 1 aromatic rings. The SMILES string of the molecule is C/C=N/[C](=[W])NS(=O)(=O)c1ccccc1C. The first-order valence-electron chi connectivity index (χ1n) is 4.58. The Morgan fingerprint density at radius 1 is 1.44 bits per heavy atom. The monoisotopic (exact) mass is 408 g/mol. The third-order valence-corrected chi connectivity index (χ3v) is 4.61. The van der Waals surface area contributed by atoms with Crippen molar-refractivity contribution >= 4 is 20.4 Å². The van der Waals surface area contributed by atoms with Crippen molar-refractivity contribution in [3.63, 3.8) is 0 Å². The number of rotatable bonds is 4. The van der Waals surface area contributed by atoms with Gasteiger partial charge in [0.1, 0.15) is 0 Å². The summed E-state index contributed by atoms with van der Waals surface area (Å²) in [6.45, 7) is 3.50. The van der Waals surface area contributed by atoms with Crippen molar-refractivity contribution in [1.29, 1.82) is 0 Å². The van der Waals surface area contributed by atoms with Gasteiger partial charge in [0.15, 0.2) is 0 Å². The second-order valence-electron chi connectivity index (χ2n) is 3.06. The van der Waals surface area contributed by atoms with E-state index in [1.807, 2.05) is 0 Å². The number of hydrogen-bond acceptors (Lipinski definition) is 3. The van der Waals surface area contributed by atoms with E-state index < -0.39 is 10.0 Å². The molecule has 16 heavy (non-hydrogen) atoms. The first-order valence-corrected chi connectivity index (χ1v) is 7.53. The molecule has 4 nitrogen and oxygen atoms in total. The fraction of sp³-hybridized carbons (Fsp3) is 0.200. The molecule has 0 saturated heterocycles. The maximum atomic E-state index is 11.9. The molecule has 0 atom stereocenters. The zero-order valence-corrected chi connectivity index (χ0v) is 12.7. The predicted molar refractivity (Wildman–Crippen MR) is 60.7 cm³/mol. The van der Waals surface area contributed by atoms with Crippen LogP contribution < -0.4 is 4.72 Å². The molecule has 0 radical (unpaired) electrons. The van der Waals surface area contributed by atoms with Crippen molar-refractivity contribution in [3.05, 3.63) is 29.8 Å². The molecule has 0 bridgehead atoms. The molecule has 1 aromatic carbocycles. The Kier molecular flexibility index (Phi) is 4.71. The number of nitrogens with one attached hydrogen (secondary N) is 1. The Balaban J connectivity index is 3.04.